The van der Waals surface area contributed by atoms with Crippen molar-refractivity contribution in [2.75, 3.05) is 17.3 Å². The average Bonchev–Trinajstić information content (AvgIpc) is 3.06. The Bertz CT molecular complexity index is 1310. The molecule has 6 nitrogen and oxygen atoms in total. The first-order valence-electron chi connectivity index (χ1n) is 9.15. The van der Waals surface area contributed by atoms with Gasteiger partial charge in [0.25, 0.3) is 17.7 Å². The van der Waals surface area contributed by atoms with Gasteiger partial charge in [0.1, 0.15) is 5.75 Å². The Kier molecular flexibility index (Phi) is 6.49. The Morgan fingerprint density at radius 1 is 0.848 bits per heavy atom. The molecule has 0 atom stereocenters. The number of hydrogen-bond donors (Lipinski definition) is 1. The summed E-state index contributed by atoms with van der Waals surface area (Å²) in [6.45, 7) is 0. The fourth-order valence-electron chi connectivity index (χ4n) is 3.34. The number of methoxy groups -OCH3 is 1. The van der Waals surface area contributed by atoms with Crippen LogP contribution in [0.15, 0.2) is 42.5 Å². The van der Waals surface area contributed by atoms with Crippen LogP contribution in [0, 0.1) is 0 Å². The van der Waals surface area contributed by atoms with Crippen LogP contribution in [0.2, 0.25) is 25.1 Å². The van der Waals surface area contributed by atoms with E-state index < -0.39 is 17.7 Å². The van der Waals surface area contributed by atoms with Gasteiger partial charge in [-0.3, -0.25) is 14.4 Å². The minimum Gasteiger partial charge on any atom is -0.495 e. The molecule has 0 saturated heterocycles. The Balaban J connectivity index is 1.70. The van der Waals surface area contributed by atoms with Crippen LogP contribution in [0.3, 0.4) is 0 Å². The van der Waals surface area contributed by atoms with Gasteiger partial charge in [-0.15, -0.1) is 0 Å². The third-order valence-corrected chi connectivity index (χ3v) is 6.91. The number of carbonyl (C=O) groups excluding carboxylic acids is 3. The maximum atomic E-state index is 13.1. The number of fused-ring (bicyclic) bond motifs is 1. The van der Waals surface area contributed by atoms with Crippen LogP contribution in [0.4, 0.5) is 11.4 Å². The summed E-state index contributed by atoms with van der Waals surface area (Å²) < 4.78 is 5.23. The predicted molar refractivity (Wildman–Crippen MR) is 130 cm³/mol. The zero-order chi connectivity index (χ0) is 24.0. The van der Waals surface area contributed by atoms with E-state index in [1.54, 1.807) is 12.1 Å². The molecule has 1 aliphatic rings. The van der Waals surface area contributed by atoms with Crippen LogP contribution < -0.4 is 15.0 Å². The standard InChI is InChI=1S/C22H11Cl5N2O4/c1-33-13-6-5-10(23)8-12(13)28-20(30)9-3-2-4-11(7-9)29-21(31)14-15(22(29)32)17(25)19(27)18(26)16(14)24/h2-8H,1H3,(H,28,30). The lowest BCUT2D eigenvalue weighted by atomic mass is 10.1. The van der Waals surface area contributed by atoms with E-state index in [1.807, 2.05) is 0 Å². The topological polar surface area (TPSA) is 75.7 Å². The number of nitrogens with zero attached hydrogens (tertiary/aromatic N) is 1. The second-order valence-corrected chi connectivity index (χ2v) is 8.75. The van der Waals surface area contributed by atoms with Crippen molar-refractivity contribution in [3.63, 3.8) is 0 Å². The van der Waals surface area contributed by atoms with E-state index in [9.17, 15) is 14.4 Å². The molecule has 0 aliphatic carbocycles. The van der Waals surface area contributed by atoms with Crippen molar-refractivity contribution in [2.24, 2.45) is 0 Å². The molecule has 168 valence electrons. The number of imide groups is 1. The highest BCUT2D eigenvalue weighted by molar-refractivity contribution is 6.56. The van der Waals surface area contributed by atoms with Gasteiger partial charge in [-0.25, -0.2) is 4.90 Å². The van der Waals surface area contributed by atoms with E-state index in [2.05, 4.69) is 5.32 Å². The van der Waals surface area contributed by atoms with Gasteiger partial charge in [0.05, 0.1) is 49.7 Å². The van der Waals surface area contributed by atoms with Gasteiger partial charge in [-0.1, -0.05) is 64.1 Å². The van der Waals surface area contributed by atoms with Crippen molar-refractivity contribution in [1.82, 2.24) is 0 Å². The molecule has 0 saturated carbocycles. The lowest BCUT2D eigenvalue weighted by Crippen LogP contribution is -2.29. The van der Waals surface area contributed by atoms with Gasteiger partial charge in [0.2, 0.25) is 0 Å². The summed E-state index contributed by atoms with van der Waals surface area (Å²) in [4.78, 5) is 39.8. The predicted octanol–water partition coefficient (Wildman–Crippen LogP) is 7.02. The SMILES string of the molecule is COc1ccc(Cl)cc1NC(=O)c1cccc(N2C(=O)c3c(Cl)c(Cl)c(Cl)c(Cl)c3C2=O)c1. The molecule has 0 unspecified atom stereocenters. The molecule has 0 radical (unpaired) electrons. The van der Waals surface area contributed by atoms with Gasteiger partial charge >= 0.3 is 0 Å². The molecule has 33 heavy (non-hydrogen) atoms. The molecular weight excluding hydrogens is 534 g/mol. The van der Waals surface area contributed by atoms with E-state index in [0.29, 0.717) is 16.5 Å². The van der Waals surface area contributed by atoms with Crippen LogP contribution in [-0.4, -0.2) is 24.8 Å². The van der Waals surface area contributed by atoms with Gasteiger partial charge in [-0.2, -0.15) is 0 Å². The zero-order valence-corrected chi connectivity index (χ0v) is 20.3. The van der Waals surface area contributed by atoms with E-state index in [4.69, 9.17) is 62.7 Å². The molecular formula is C22H11Cl5N2O4. The molecule has 3 amide bonds. The molecule has 0 fully saturated rings. The van der Waals surface area contributed by atoms with Crippen molar-refractivity contribution in [3.8, 4) is 5.75 Å². The zero-order valence-electron chi connectivity index (χ0n) is 16.5. The number of ether oxygens (including phenoxy) is 1. The molecule has 0 bridgehead atoms. The van der Waals surface area contributed by atoms with Gasteiger partial charge in [0, 0.05) is 10.6 Å². The minimum atomic E-state index is -0.741. The maximum Gasteiger partial charge on any atom is 0.267 e. The summed E-state index contributed by atoms with van der Waals surface area (Å²) in [7, 11) is 1.45. The van der Waals surface area contributed by atoms with Gasteiger partial charge in [0.15, 0.2) is 0 Å². The van der Waals surface area contributed by atoms with E-state index in [0.717, 1.165) is 4.90 Å². The number of halogens is 5. The highest BCUT2D eigenvalue weighted by Gasteiger charge is 2.42. The molecule has 3 aromatic rings. The van der Waals surface area contributed by atoms with Gasteiger partial charge in [-0.05, 0) is 36.4 Å². The number of nitrogens with one attached hydrogen (secondary N) is 1. The highest BCUT2D eigenvalue weighted by atomic mass is 35.5. The lowest BCUT2D eigenvalue weighted by Gasteiger charge is -2.15. The number of benzene rings is 3. The highest BCUT2D eigenvalue weighted by Crippen LogP contribution is 2.45. The minimum absolute atomic E-state index is 0.131. The Labute approximate surface area is 212 Å². The van der Waals surface area contributed by atoms with Crippen LogP contribution in [0.5, 0.6) is 5.75 Å². The number of hydrogen-bond acceptors (Lipinski definition) is 4. The first kappa shape index (κ1) is 23.7. The first-order valence-corrected chi connectivity index (χ1v) is 11.0. The van der Waals surface area contributed by atoms with Gasteiger partial charge < -0.3 is 10.1 Å². The number of rotatable bonds is 4. The average molecular weight is 545 g/mol. The molecule has 1 heterocycles. The molecule has 0 spiro atoms. The molecule has 3 aromatic carbocycles. The number of carbonyl (C=O) groups is 3. The second kappa shape index (κ2) is 9.05. The smallest absolute Gasteiger partial charge is 0.267 e. The lowest BCUT2D eigenvalue weighted by molar-refractivity contribution is 0.0924. The molecule has 4 rings (SSSR count). The molecule has 11 heteroatoms. The van der Waals surface area contributed by atoms with Crippen LogP contribution in [0.25, 0.3) is 0 Å². The number of anilines is 2. The van der Waals surface area contributed by atoms with Crippen LogP contribution in [0.1, 0.15) is 31.1 Å². The van der Waals surface area contributed by atoms with Crippen molar-refractivity contribution >= 4 is 87.1 Å². The first-order chi connectivity index (χ1) is 15.6. The van der Waals surface area contributed by atoms with E-state index in [-0.39, 0.29) is 42.5 Å². The van der Waals surface area contributed by atoms with E-state index >= 15 is 0 Å². The molecule has 1 N–H and O–H groups in total. The quantitative estimate of drug-likeness (QED) is 0.218. The normalized spacial score (nSPS) is 12.7. The fraction of sp³-hybridized carbons (Fsp3) is 0.0455. The second-order valence-electron chi connectivity index (χ2n) is 6.80. The molecule has 0 aromatic heterocycles. The van der Waals surface area contributed by atoms with E-state index in [1.165, 1.54) is 37.4 Å². The van der Waals surface area contributed by atoms with Crippen molar-refractivity contribution in [3.05, 3.63) is 84.3 Å². The third kappa shape index (κ3) is 4.03. The summed E-state index contributed by atoms with van der Waals surface area (Å²) in [6, 6.07) is 10.7. The van der Waals surface area contributed by atoms with Crippen LogP contribution >= 0.6 is 58.0 Å². The number of amides is 3. The fourth-order valence-corrected chi connectivity index (χ4v) is 4.53. The Morgan fingerprint density at radius 2 is 1.45 bits per heavy atom. The van der Waals surface area contributed by atoms with Crippen molar-refractivity contribution in [2.45, 2.75) is 0 Å². The largest absolute Gasteiger partial charge is 0.495 e. The summed E-state index contributed by atoms with van der Waals surface area (Å²) in [6.07, 6.45) is 0. The Hall–Kier alpha value is -2.48. The molecule has 1 aliphatic heterocycles. The summed E-state index contributed by atoms with van der Waals surface area (Å²) in [5.74, 6) is -1.59. The third-order valence-electron chi connectivity index (χ3n) is 4.88. The van der Waals surface area contributed by atoms with Crippen LogP contribution in [-0.2, 0) is 0 Å². The van der Waals surface area contributed by atoms with Crippen molar-refractivity contribution < 1.29 is 19.1 Å². The van der Waals surface area contributed by atoms with Crippen molar-refractivity contribution in [1.29, 1.82) is 0 Å². The summed E-state index contributed by atoms with van der Waals surface area (Å²) in [5.41, 5.74) is 0.341. The summed E-state index contributed by atoms with van der Waals surface area (Å²) >= 11 is 30.5. The maximum absolute atomic E-state index is 13.1. The summed E-state index contributed by atoms with van der Waals surface area (Å²) in [5, 5.41) is 2.48. The Morgan fingerprint density at radius 3 is 2.03 bits per heavy atom. The monoisotopic (exact) mass is 542 g/mol.